The average molecular weight is 309 g/mol. The van der Waals surface area contributed by atoms with Crippen LogP contribution in [-0.2, 0) is 9.53 Å². The SMILES string of the molecule is COCC(=O)N1CC[C@H](Oc2cccc(OC)c2)[C@@H](O)CC1. The molecular weight excluding hydrogens is 286 g/mol. The van der Waals surface area contributed by atoms with Crippen molar-refractivity contribution < 1.29 is 24.1 Å². The number of hydrogen-bond donors (Lipinski definition) is 1. The van der Waals surface area contributed by atoms with Gasteiger partial charge in [0.1, 0.15) is 24.2 Å². The summed E-state index contributed by atoms with van der Waals surface area (Å²) in [5.41, 5.74) is 0. The Balaban J connectivity index is 1.97. The van der Waals surface area contributed by atoms with Gasteiger partial charge in [-0.15, -0.1) is 0 Å². The third kappa shape index (κ3) is 4.35. The molecule has 0 unspecified atom stereocenters. The predicted octanol–water partition coefficient (Wildman–Crippen LogP) is 1.07. The maximum Gasteiger partial charge on any atom is 0.248 e. The van der Waals surface area contributed by atoms with Crippen molar-refractivity contribution in [3.05, 3.63) is 24.3 Å². The second kappa shape index (κ2) is 8.00. The van der Waals surface area contributed by atoms with Crippen LogP contribution in [0.2, 0.25) is 0 Å². The van der Waals surface area contributed by atoms with E-state index < -0.39 is 6.10 Å². The maximum absolute atomic E-state index is 11.9. The van der Waals surface area contributed by atoms with E-state index in [1.807, 2.05) is 18.2 Å². The van der Waals surface area contributed by atoms with Crippen LogP contribution in [-0.4, -0.2) is 62.0 Å². The first kappa shape index (κ1) is 16.6. The van der Waals surface area contributed by atoms with Crippen LogP contribution < -0.4 is 9.47 Å². The molecule has 1 N–H and O–H groups in total. The summed E-state index contributed by atoms with van der Waals surface area (Å²) in [7, 11) is 3.10. The molecule has 1 aliphatic rings. The Morgan fingerprint density at radius 3 is 2.73 bits per heavy atom. The van der Waals surface area contributed by atoms with Gasteiger partial charge < -0.3 is 24.2 Å². The molecule has 1 aromatic carbocycles. The average Bonchev–Trinajstić information content (AvgIpc) is 2.70. The highest BCUT2D eigenvalue weighted by atomic mass is 16.5. The Bertz CT molecular complexity index is 493. The van der Waals surface area contributed by atoms with Crippen LogP contribution in [0.3, 0.4) is 0 Å². The summed E-state index contributed by atoms with van der Waals surface area (Å²) in [4.78, 5) is 13.6. The number of ether oxygens (including phenoxy) is 3. The van der Waals surface area contributed by atoms with Crippen LogP contribution in [0.15, 0.2) is 24.3 Å². The minimum Gasteiger partial charge on any atom is -0.497 e. The van der Waals surface area contributed by atoms with E-state index in [0.29, 0.717) is 37.4 Å². The fourth-order valence-electron chi connectivity index (χ4n) is 2.51. The summed E-state index contributed by atoms with van der Waals surface area (Å²) < 4.78 is 15.9. The Labute approximate surface area is 130 Å². The number of rotatable bonds is 5. The molecule has 1 fully saturated rings. The van der Waals surface area contributed by atoms with E-state index in [-0.39, 0.29) is 18.6 Å². The van der Waals surface area contributed by atoms with Crippen LogP contribution in [0.4, 0.5) is 0 Å². The number of amides is 1. The Morgan fingerprint density at radius 1 is 1.27 bits per heavy atom. The molecule has 0 radical (unpaired) electrons. The van der Waals surface area contributed by atoms with Gasteiger partial charge in [-0.25, -0.2) is 0 Å². The van der Waals surface area contributed by atoms with Crippen molar-refractivity contribution in [2.75, 3.05) is 33.9 Å². The first-order valence-corrected chi connectivity index (χ1v) is 7.39. The molecule has 6 heteroatoms. The van der Waals surface area contributed by atoms with E-state index in [0.717, 1.165) is 0 Å². The highest BCUT2D eigenvalue weighted by molar-refractivity contribution is 5.77. The van der Waals surface area contributed by atoms with Gasteiger partial charge in [-0.1, -0.05) is 6.07 Å². The molecule has 2 atom stereocenters. The lowest BCUT2D eigenvalue weighted by atomic mass is 10.1. The molecular formula is C16H23NO5. The Morgan fingerprint density at radius 2 is 2.00 bits per heavy atom. The number of benzene rings is 1. The van der Waals surface area contributed by atoms with E-state index in [1.54, 1.807) is 18.1 Å². The number of carbonyl (C=O) groups excluding carboxylic acids is 1. The molecule has 1 amide bonds. The summed E-state index contributed by atoms with van der Waals surface area (Å²) in [6.07, 6.45) is 0.122. The summed E-state index contributed by atoms with van der Waals surface area (Å²) in [6.45, 7) is 1.13. The monoisotopic (exact) mass is 309 g/mol. The quantitative estimate of drug-likeness (QED) is 0.881. The first-order valence-electron chi connectivity index (χ1n) is 7.39. The topological polar surface area (TPSA) is 68.2 Å². The smallest absolute Gasteiger partial charge is 0.248 e. The van der Waals surface area contributed by atoms with Gasteiger partial charge >= 0.3 is 0 Å². The van der Waals surface area contributed by atoms with Crippen molar-refractivity contribution in [1.82, 2.24) is 4.90 Å². The molecule has 1 aromatic rings. The third-order valence-corrected chi connectivity index (χ3v) is 3.76. The van der Waals surface area contributed by atoms with E-state index in [4.69, 9.17) is 14.2 Å². The molecule has 122 valence electrons. The van der Waals surface area contributed by atoms with Crippen molar-refractivity contribution in [2.24, 2.45) is 0 Å². The van der Waals surface area contributed by atoms with Crippen molar-refractivity contribution >= 4 is 5.91 Å². The number of likely N-dealkylation sites (tertiary alicyclic amines) is 1. The van der Waals surface area contributed by atoms with E-state index in [1.165, 1.54) is 7.11 Å². The van der Waals surface area contributed by atoms with Crippen LogP contribution in [0.5, 0.6) is 11.5 Å². The molecule has 0 bridgehead atoms. The zero-order chi connectivity index (χ0) is 15.9. The number of nitrogens with zero attached hydrogens (tertiary/aromatic N) is 1. The Kier molecular flexibility index (Phi) is 6.03. The second-order valence-corrected chi connectivity index (χ2v) is 5.29. The van der Waals surface area contributed by atoms with E-state index in [2.05, 4.69) is 0 Å². The van der Waals surface area contributed by atoms with Crippen LogP contribution >= 0.6 is 0 Å². The van der Waals surface area contributed by atoms with Crippen molar-refractivity contribution in [3.8, 4) is 11.5 Å². The van der Waals surface area contributed by atoms with Crippen molar-refractivity contribution in [1.29, 1.82) is 0 Å². The molecule has 0 spiro atoms. The first-order chi connectivity index (χ1) is 10.6. The highest BCUT2D eigenvalue weighted by Crippen LogP contribution is 2.23. The number of methoxy groups -OCH3 is 2. The molecule has 1 heterocycles. The molecule has 2 rings (SSSR count). The van der Waals surface area contributed by atoms with Crippen LogP contribution in [0, 0.1) is 0 Å². The predicted molar refractivity (Wildman–Crippen MR) is 81.1 cm³/mol. The van der Waals surface area contributed by atoms with Gasteiger partial charge in [0, 0.05) is 32.7 Å². The fraction of sp³-hybridized carbons (Fsp3) is 0.562. The molecule has 22 heavy (non-hydrogen) atoms. The Hall–Kier alpha value is -1.79. The molecule has 0 aromatic heterocycles. The lowest BCUT2D eigenvalue weighted by Gasteiger charge is -2.22. The molecule has 1 saturated heterocycles. The highest BCUT2D eigenvalue weighted by Gasteiger charge is 2.28. The maximum atomic E-state index is 11.9. The number of aliphatic hydroxyl groups excluding tert-OH is 1. The van der Waals surface area contributed by atoms with Crippen molar-refractivity contribution in [3.63, 3.8) is 0 Å². The van der Waals surface area contributed by atoms with Gasteiger partial charge in [0.05, 0.1) is 13.2 Å². The lowest BCUT2D eigenvalue weighted by Crippen LogP contribution is -2.35. The standard InChI is InChI=1S/C16H23NO5/c1-20-11-16(19)17-8-6-14(18)15(7-9-17)22-13-5-3-4-12(10-13)21-2/h3-5,10,14-15,18H,6-9,11H2,1-2H3/t14-,15-/m0/s1. The number of hydrogen-bond acceptors (Lipinski definition) is 5. The number of aliphatic hydroxyl groups is 1. The summed E-state index contributed by atoms with van der Waals surface area (Å²) in [5.74, 6) is 1.30. The van der Waals surface area contributed by atoms with Gasteiger partial charge in [0.25, 0.3) is 0 Å². The minimum atomic E-state index is -0.605. The largest absolute Gasteiger partial charge is 0.497 e. The number of carbonyl (C=O) groups is 1. The van der Waals surface area contributed by atoms with E-state index in [9.17, 15) is 9.90 Å². The summed E-state index contributed by atoms with van der Waals surface area (Å²) in [6, 6.07) is 7.28. The van der Waals surface area contributed by atoms with Crippen molar-refractivity contribution in [2.45, 2.75) is 25.0 Å². The lowest BCUT2D eigenvalue weighted by molar-refractivity contribution is -0.135. The van der Waals surface area contributed by atoms with Gasteiger partial charge in [0.2, 0.25) is 5.91 Å². The summed E-state index contributed by atoms with van der Waals surface area (Å²) >= 11 is 0. The molecule has 1 aliphatic heterocycles. The molecule has 0 aliphatic carbocycles. The third-order valence-electron chi connectivity index (χ3n) is 3.76. The summed E-state index contributed by atoms with van der Waals surface area (Å²) in [5, 5.41) is 10.2. The van der Waals surface area contributed by atoms with Gasteiger partial charge in [-0.05, 0) is 18.6 Å². The van der Waals surface area contributed by atoms with Gasteiger partial charge in [-0.3, -0.25) is 4.79 Å². The fourth-order valence-corrected chi connectivity index (χ4v) is 2.51. The normalized spacial score (nSPS) is 22.0. The zero-order valence-electron chi connectivity index (χ0n) is 13.0. The van der Waals surface area contributed by atoms with E-state index >= 15 is 0 Å². The molecule has 0 saturated carbocycles. The van der Waals surface area contributed by atoms with Crippen LogP contribution in [0.25, 0.3) is 0 Å². The van der Waals surface area contributed by atoms with Crippen LogP contribution in [0.1, 0.15) is 12.8 Å². The van der Waals surface area contributed by atoms with Gasteiger partial charge in [-0.2, -0.15) is 0 Å². The second-order valence-electron chi connectivity index (χ2n) is 5.29. The molecule has 6 nitrogen and oxygen atoms in total. The zero-order valence-corrected chi connectivity index (χ0v) is 13.0. The minimum absolute atomic E-state index is 0.0586. The van der Waals surface area contributed by atoms with Gasteiger partial charge in [0.15, 0.2) is 0 Å².